The lowest BCUT2D eigenvalue weighted by molar-refractivity contribution is 0.486. The van der Waals surface area contributed by atoms with E-state index in [0.29, 0.717) is 12.5 Å². The van der Waals surface area contributed by atoms with Crippen LogP contribution in [-0.4, -0.2) is 55.7 Å². The minimum Gasteiger partial charge on any atom is -0.357 e. The number of aryl methyl sites for hydroxylation is 1. The zero-order valence-corrected chi connectivity index (χ0v) is 20.1. The number of nitrogens with zero attached hydrogens (tertiary/aromatic N) is 4. The summed E-state index contributed by atoms with van der Waals surface area (Å²) in [5.41, 5.74) is 2.23. The smallest absolute Gasteiger partial charge is 0.240 e. The van der Waals surface area contributed by atoms with Gasteiger partial charge >= 0.3 is 0 Å². The van der Waals surface area contributed by atoms with Crippen LogP contribution >= 0.6 is 24.0 Å². The van der Waals surface area contributed by atoms with Crippen molar-refractivity contribution in [3.05, 3.63) is 47.8 Å². The van der Waals surface area contributed by atoms with Gasteiger partial charge in [-0.3, -0.25) is 4.68 Å². The highest BCUT2D eigenvalue weighted by molar-refractivity contribution is 14.0. The number of likely N-dealkylation sites (tertiary alicyclic amines) is 1. The maximum absolute atomic E-state index is 11.8. The van der Waals surface area contributed by atoms with Crippen molar-refractivity contribution in [2.24, 2.45) is 12.0 Å². The molecule has 0 aliphatic carbocycles. The zero-order chi connectivity index (χ0) is 20.1. The first kappa shape index (κ1) is 23.6. The van der Waals surface area contributed by atoms with Crippen LogP contribution in [-0.2, 0) is 23.6 Å². The summed E-state index contributed by atoms with van der Waals surface area (Å²) < 4.78 is 27.8. The van der Waals surface area contributed by atoms with Crippen molar-refractivity contribution >= 4 is 40.0 Å². The van der Waals surface area contributed by atoms with E-state index in [0.717, 1.165) is 37.6 Å². The van der Waals surface area contributed by atoms with E-state index in [-0.39, 0.29) is 28.9 Å². The third kappa shape index (κ3) is 5.92. The predicted octanol–water partition coefficient (Wildman–Crippen LogP) is 1.90. The van der Waals surface area contributed by atoms with Crippen molar-refractivity contribution in [3.8, 4) is 0 Å². The topological polar surface area (TPSA) is 91.6 Å². The summed E-state index contributed by atoms with van der Waals surface area (Å²) >= 11 is 0. The molecule has 2 heterocycles. The number of hydrogen-bond acceptors (Lipinski definition) is 4. The van der Waals surface area contributed by atoms with Gasteiger partial charge in [0.25, 0.3) is 0 Å². The van der Waals surface area contributed by atoms with Crippen LogP contribution in [0.4, 0.5) is 0 Å². The van der Waals surface area contributed by atoms with E-state index in [1.165, 1.54) is 12.6 Å². The lowest BCUT2D eigenvalue weighted by atomic mass is 10.0. The molecular weight excluding hydrogens is 503 g/mol. The van der Waals surface area contributed by atoms with Gasteiger partial charge in [0.05, 0.1) is 17.6 Å². The Morgan fingerprint density at radius 2 is 2.03 bits per heavy atom. The Bertz CT molecular complexity index is 926. The van der Waals surface area contributed by atoms with Crippen LogP contribution < -0.4 is 10.0 Å². The van der Waals surface area contributed by atoms with Crippen LogP contribution in [0.3, 0.4) is 0 Å². The number of sulfonamides is 1. The van der Waals surface area contributed by atoms with Crippen molar-refractivity contribution in [1.29, 1.82) is 0 Å². The first-order valence-corrected chi connectivity index (χ1v) is 11.0. The van der Waals surface area contributed by atoms with Crippen molar-refractivity contribution in [2.45, 2.75) is 30.7 Å². The summed E-state index contributed by atoms with van der Waals surface area (Å²) in [6, 6.07) is 6.83. The normalized spacial score (nSPS) is 17.3. The van der Waals surface area contributed by atoms with E-state index in [4.69, 9.17) is 4.99 Å². The largest absolute Gasteiger partial charge is 0.357 e. The number of guanidine groups is 1. The second-order valence-corrected chi connectivity index (χ2v) is 8.79. The summed E-state index contributed by atoms with van der Waals surface area (Å²) in [7, 11) is -0.0648. The highest BCUT2D eigenvalue weighted by atomic mass is 127. The lowest BCUT2D eigenvalue weighted by Crippen LogP contribution is -2.40. The molecule has 1 aromatic heterocycles. The number of aliphatic imine (C=N–C) groups is 1. The molecular formula is C19H29IN6O2S. The van der Waals surface area contributed by atoms with Crippen molar-refractivity contribution < 1.29 is 8.42 Å². The molecule has 3 rings (SSSR count). The van der Waals surface area contributed by atoms with Crippen LogP contribution in [0.25, 0.3) is 0 Å². The molecule has 1 aliphatic heterocycles. The Kier molecular flexibility index (Phi) is 8.46. The van der Waals surface area contributed by atoms with Gasteiger partial charge in [-0.2, -0.15) is 5.10 Å². The number of hydrogen-bond donors (Lipinski definition) is 2. The van der Waals surface area contributed by atoms with E-state index in [1.54, 1.807) is 24.3 Å². The van der Waals surface area contributed by atoms with Crippen molar-refractivity contribution in [3.63, 3.8) is 0 Å². The summed E-state index contributed by atoms with van der Waals surface area (Å²) in [5.74, 6) is 1.35. The second-order valence-electron chi connectivity index (χ2n) is 6.90. The maximum Gasteiger partial charge on any atom is 0.240 e. The molecule has 0 bridgehead atoms. The first-order chi connectivity index (χ1) is 13.4. The van der Waals surface area contributed by atoms with Gasteiger partial charge in [-0.25, -0.2) is 18.1 Å². The fourth-order valence-corrected chi connectivity index (χ4v) is 4.09. The Morgan fingerprint density at radius 3 is 2.62 bits per heavy atom. The van der Waals surface area contributed by atoms with Gasteiger partial charge in [-0.15, -0.1) is 24.0 Å². The molecule has 29 heavy (non-hydrogen) atoms. The molecule has 2 N–H and O–H groups in total. The van der Waals surface area contributed by atoms with Gasteiger partial charge in [-0.1, -0.05) is 12.1 Å². The average molecular weight is 532 g/mol. The summed E-state index contributed by atoms with van der Waals surface area (Å²) in [6.45, 7) is 5.21. The van der Waals surface area contributed by atoms with Crippen molar-refractivity contribution in [1.82, 2.24) is 24.7 Å². The fraction of sp³-hybridized carbons (Fsp3) is 0.474. The van der Waals surface area contributed by atoms with Crippen molar-refractivity contribution in [2.75, 3.05) is 26.7 Å². The monoisotopic (exact) mass is 532 g/mol. The number of rotatable bonds is 6. The minimum absolute atomic E-state index is 0. The predicted molar refractivity (Wildman–Crippen MR) is 125 cm³/mol. The zero-order valence-electron chi connectivity index (χ0n) is 17.0. The Morgan fingerprint density at radius 1 is 1.31 bits per heavy atom. The summed E-state index contributed by atoms with van der Waals surface area (Å²) in [6.07, 6.45) is 5.10. The van der Waals surface area contributed by atoms with Crippen LogP contribution in [0.2, 0.25) is 0 Å². The van der Waals surface area contributed by atoms with Crippen LogP contribution in [0.15, 0.2) is 46.5 Å². The molecule has 160 valence electrons. The third-order valence-corrected chi connectivity index (χ3v) is 6.36. The quantitative estimate of drug-likeness (QED) is 0.337. The third-order valence-electron chi connectivity index (χ3n) is 4.93. The lowest BCUT2D eigenvalue weighted by Gasteiger charge is -2.21. The Balaban J connectivity index is 0.00000300. The first-order valence-electron chi connectivity index (χ1n) is 9.47. The standard InChI is InChI=1S/C19H28N6O2S.HI/c1-4-21-19(25-10-9-16(14-25)17-12-23-24(3)13-17)22-11-15-5-7-18(8-6-15)28(26,27)20-2;/h5-8,12-13,16,20H,4,9-11,14H2,1-3H3,(H,21,22);1H. The maximum atomic E-state index is 11.8. The minimum atomic E-state index is -3.41. The van der Waals surface area contributed by atoms with Gasteiger partial charge in [0.15, 0.2) is 5.96 Å². The summed E-state index contributed by atoms with van der Waals surface area (Å²) in [5, 5.41) is 7.64. The van der Waals surface area contributed by atoms with E-state index in [1.807, 2.05) is 17.9 Å². The van der Waals surface area contributed by atoms with E-state index >= 15 is 0 Å². The van der Waals surface area contributed by atoms with Gasteiger partial charge in [0.1, 0.15) is 0 Å². The molecule has 1 atom stereocenters. The second kappa shape index (κ2) is 10.4. The highest BCUT2D eigenvalue weighted by Gasteiger charge is 2.26. The molecule has 1 aromatic carbocycles. The van der Waals surface area contributed by atoms with Crippen LogP contribution in [0.1, 0.15) is 30.4 Å². The SMILES string of the molecule is CCNC(=NCc1ccc(S(=O)(=O)NC)cc1)N1CCC(c2cnn(C)c2)C1.I. The molecule has 2 aromatic rings. The van der Waals surface area contributed by atoms with Gasteiger partial charge in [0, 0.05) is 38.8 Å². The van der Waals surface area contributed by atoms with Crippen LogP contribution in [0, 0.1) is 0 Å². The van der Waals surface area contributed by atoms with Gasteiger partial charge < -0.3 is 10.2 Å². The fourth-order valence-electron chi connectivity index (χ4n) is 3.36. The molecule has 1 fully saturated rings. The number of aromatic nitrogens is 2. The van der Waals surface area contributed by atoms with E-state index in [9.17, 15) is 8.42 Å². The molecule has 0 saturated carbocycles. The molecule has 0 radical (unpaired) electrons. The van der Waals surface area contributed by atoms with Crippen LogP contribution in [0.5, 0.6) is 0 Å². The molecule has 1 unspecified atom stereocenters. The molecule has 0 amide bonds. The van der Waals surface area contributed by atoms with Gasteiger partial charge in [-0.05, 0) is 43.7 Å². The molecule has 0 spiro atoms. The molecule has 1 aliphatic rings. The number of nitrogens with one attached hydrogen (secondary N) is 2. The molecule has 10 heteroatoms. The molecule has 1 saturated heterocycles. The summed E-state index contributed by atoms with van der Waals surface area (Å²) in [4.78, 5) is 7.29. The number of benzene rings is 1. The van der Waals surface area contributed by atoms with Gasteiger partial charge in [0.2, 0.25) is 10.0 Å². The molecule has 8 nitrogen and oxygen atoms in total. The highest BCUT2D eigenvalue weighted by Crippen LogP contribution is 2.26. The Hall–Kier alpha value is -1.66. The van der Waals surface area contributed by atoms with E-state index in [2.05, 4.69) is 33.2 Å². The number of halogens is 1. The Labute approximate surface area is 189 Å². The average Bonchev–Trinajstić information content (AvgIpc) is 3.34. The van der Waals surface area contributed by atoms with E-state index < -0.39 is 10.0 Å².